The van der Waals surface area contributed by atoms with Gasteiger partial charge in [-0.1, -0.05) is 6.42 Å². The number of carbonyl (C=O) groups excluding carboxylic acids is 1. The minimum Gasteiger partial charge on any atom is -0.480 e. The SMILES string of the molecule is Cc1cc(CC2(C(=O)O)CCCCC2=O)n(C)n1. The summed E-state index contributed by atoms with van der Waals surface area (Å²) in [6, 6.07) is 1.85. The Hall–Kier alpha value is -1.65. The van der Waals surface area contributed by atoms with Crippen LogP contribution in [0, 0.1) is 12.3 Å². The van der Waals surface area contributed by atoms with Crippen molar-refractivity contribution in [3.8, 4) is 0 Å². The van der Waals surface area contributed by atoms with E-state index < -0.39 is 11.4 Å². The fourth-order valence-corrected chi connectivity index (χ4v) is 2.72. The monoisotopic (exact) mass is 250 g/mol. The molecule has 0 radical (unpaired) electrons. The molecular weight excluding hydrogens is 232 g/mol. The lowest BCUT2D eigenvalue weighted by molar-refractivity contribution is -0.157. The highest BCUT2D eigenvalue weighted by Crippen LogP contribution is 2.36. The van der Waals surface area contributed by atoms with Gasteiger partial charge in [-0.25, -0.2) is 0 Å². The van der Waals surface area contributed by atoms with E-state index >= 15 is 0 Å². The van der Waals surface area contributed by atoms with Gasteiger partial charge in [0, 0.05) is 25.6 Å². The van der Waals surface area contributed by atoms with E-state index in [0.29, 0.717) is 12.8 Å². The second-order valence-corrected chi connectivity index (χ2v) is 5.09. The number of ketones is 1. The first-order valence-corrected chi connectivity index (χ1v) is 6.22. The van der Waals surface area contributed by atoms with Gasteiger partial charge in [0.25, 0.3) is 0 Å². The molecule has 0 amide bonds. The molecule has 0 bridgehead atoms. The maximum Gasteiger partial charge on any atom is 0.317 e. The third-order valence-electron chi connectivity index (χ3n) is 3.78. The molecule has 1 heterocycles. The van der Waals surface area contributed by atoms with Gasteiger partial charge in [0.15, 0.2) is 5.78 Å². The van der Waals surface area contributed by atoms with Crippen molar-refractivity contribution < 1.29 is 14.7 Å². The van der Waals surface area contributed by atoms with Crippen LogP contribution in [-0.4, -0.2) is 26.6 Å². The Bertz CT molecular complexity index is 492. The number of aromatic nitrogens is 2. The first-order valence-electron chi connectivity index (χ1n) is 6.22. The highest BCUT2D eigenvalue weighted by molar-refractivity contribution is 6.03. The first kappa shape index (κ1) is 12.8. The van der Waals surface area contributed by atoms with Crippen molar-refractivity contribution >= 4 is 11.8 Å². The van der Waals surface area contributed by atoms with E-state index in [1.165, 1.54) is 0 Å². The van der Waals surface area contributed by atoms with Gasteiger partial charge in [-0.2, -0.15) is 5.10 Å². The minimum absolute atomic E-state index is 0.139. The quantitative estimate of drug-likeness (QED) is 0.825. The van der Waals surface area contributed by atoms with Crippen LogP contribution in [0.2, 0.25) is 0 Å². The number of nitrogens with zero attached hydrogens (tertiary/aromatic N) is 2. The van der Waals surface area contributed by atoms with Crippen molar-refractivity contribution in [3.63, 3.8) is 0 Å². The third kappa shape index (κ3) is 2.05. The number of Topliss-reactive ketones (excluding diaryl/α,β-unsaturated/α-hetero) is 1. The van der Waals surface area contributed by atoms with Crippen LogP contribution in [-0.2, 0) is 23.1 Å². The van der Waals surface area contributed by atoms with Gasteiger partial charge in [-0.05, 0) is 25.8 Å². The number of carboxylic acids is 1. The Kier molecular flexibility index (Phi) is 3.24. The second kappa shape index (κ2) is 4.55. The van der Waals surface area contributed by atoms with E-state index in [4.69, 9.17) is 0 Å². The molecular formula is C13H18N2O3. The fraction of sp³-hybridized carbons (Fsp3) is 0.615. The van der Waals surface area contributed by atoms with E-state index in [1.807, 2.05) is 13.0 Å². The molecule has 0 aromatic carbocycles. The lowest BCUT2D eigenvalue weighted by Crippen LogP contribution is -2.43. The topological polar surface area (TPSA) is 72.2 Å². The maximum atomic E-state index is 12.1. The summed E-state index contributed by atoms with van der Waals surface area (Å²) in [7, 11) is 1.78. The summed E-state index contributed by atoms with van der Waals surface area (Å²) in [5.74, 6) is -1.13. The molecule has 1 fully saturated rings. The van der Waals surface area contributed by atoms with Crippen LogP contribution in [0.5, 0.6) is 0 Å². The van der Waals surface area contributed by atoms with Crippen molar-refractivity contribution in [1.82, 2.24) is 9.78 Å². The standard InChI is InChI=1S/C13H18N2O3/c1-9-7-10(15(2)14-9)8-13(12(17)18)6-4-3-5-11(13)16/h7H,3-6,8H2,1-2H3,(H,17,18). The van der Waals surface area contributed by atoms with E-state index in [2.05, 4.69) is 5.10 Å². The third-order valence-corrected chi connectivity index (χ3v) is 3.78. The average Bonchev–Trinajstić information content (AvgIpc) is 2.60. The number of carbonyl (C=O) groups is 2. The average molecular weight is 250 g/mol. The van der Waals surface area contributed by atoms with Crippen molar-refractivity contribution in [2.75, 3.05) is 0 Å². The highest BCUT2D eigenvalue weighted by Gasteiger charge is 2.47. The summed E-state index contributed by atoms with van der Waals surface area (Å²) in [4.78, 5) is 23.6. The summed E-state index contributed by atoms with van der Waals surface area (Å²) >= 11 is 0. The van der Waals surface area contributed by atoms with Crippen LogP contribution in [0.1, 0.15) is 37.1 Å². The van der Waals surface area contributed by atoms with Crippen molar-refractivity contribution in [2.24, 2.45) is 12.5 Å². The van der Waals surface area contributed by atoms with Gasteiger partial charge < -0.3 is 5.11 Å². The van der Waals surface area contributed by atoms with Crippen LogP contribution in [0.4, 0.5) is 0 Å². The molecule has 1 aromatic rings. The minimum atomic E-state index is -1.24. The van der Waals surface area contributed by atoms with Crippen molar-refractivity contribution in [3.05, 3.63) is 17.5 Å². The van der Waals surface area contributed by atoms with E-state index in [9.17, 15) is 14.7 Å². The number of aliphatic carboxylic acids is 1. The van der Waals surface area contributed by atoms with Gasteiger partial charge >= 0.3 is 5.97 Å². The van der Waals surface area contributed by atoms with Gasteiger partial charge in [-0.3, -0.25) is 14.3 Å². The molecule has 5 heteroatoms. The zero-order chi connectivity index (χ0) is 13.3. The molecule has 0 spiro atoms. The summed E-state index contributed by atoms with van der Waals surface area (Å²) in [6.45, 7) is 1.86. The van der Waals surface area contributed by atoms with Crippen LogP contribution >= 0.6 is 0 Å². The number of rotatable bonds is 3. The first-order chi connectivity index (χ1) is 8.45. The van der Waals surface area contributed by atoms with Crippen molar-refractivity contribution in [2.45, 2.75) is 39.0 Å². The molecule has 1 unspecified atom stereocenters. The molecule has 1 aromatic heterocycles. The normalized spacial score (nSPS) is 24.2. The molecule has 1 aliphatic rings. The van der Waals surface area contributed by atoms with Gasteiger partial charge in [0.05, 0.1) is 5.69 Å². The summed E-state index contributed by atoms with van der Waals surface area (Å²) in [5, 5.41) is 13.7. The van der Waals surface area contributed by atoms with Crippen LogP contribution in [0.15, 0.2) is 6.07 Å². The van der Waals surface area contributed by atoms with Crippen molar-refractivity contribution in [1.29, 1.82) is 0 Å². The lowest BCUT2D eigenvalue weighted by Gasteiger charge is -2.31. The van der Waals surface area contributed by atoms with Crippen LogP contribution in [0.25, 0.3) is 0 Å². The molecule has 18 heavy (non-hydrogen) atoms. The molecule has 0 saturated heterocycles. The predicted octanol–water partition coefficient (Wildman–Crippen LogP) is 1.49. The Morgan fingerprint density at radius 3 is 2.78 bits per heavy atom. The fourth-order valence-electron chi connectivity index (χ4n) is 2.72. The summed E-state index contributed by atoms with van der Waals surface area (Å²) in [6.07, 6.45) is 2.67. The molecule has 5 nitrogen and oxygen atoms in total. The largest absolute Gasteiger partial charge is 0.480 e. The Labute approximate surface area is 106 Å². The molecule has 0 aliphatic heterocycles. The van der Waals surface area contributed by atoms with Crippen LogP contribution < -0.4 is 0 Å². The second-order valence-electron chi connectivity index (χ2n) is 5.09. The van der Waals surface area contributed by atoms with Crippen LogP contribution in [0.3, 0.4) is 0 Å². The smallest absolute Gasteiger partial charge is 0.317 e. The van der Waals surface area contributed by atoms with Gasteiger partial charge in [-0.15, -0.1) is 0 Å². The highest BCUT2D eigenvalue weighted by atomic mass is 16.4. The Balaban J connectivity index is 2.34. The lowest BCUT2D eigenvalue weighted by atomic mass is 9.70. The van der Waals surface area contributed by atoms with E-state index in [-0.39, 0.29) is 12.2 Å². The molecule has 1 saturated carbocycles. The Morgan fingerprint density at radius 1 is 1.56 bits per heavy atom. The number of hydrogen-bond acceptors (Lipinski definition) is 3. The predicted molar refractivity (Wildman–Crippen MR) is 65.2 cm³/mol. The molecule has 1 atom stereocenters. The van der Waals surface area contributed by atoms with Gasteiger partial charge in [0.2, 0.25) is 0 Å². The van der Waals surface area contributed by atoms with E-state index in [0.717, 1.165) is 24.2 Å². The maximum absolute atomic E-state index is 12.1. The summed E-state index contributed by atoms with van der Waals surface area (Å²) in [5.41, 5.74) is 0.417. The zero-order valence-corrected chi connectivity index (χ0v) is 10.8. The summed E-state index contributed by atoms with van der Waals surface area (Å²) < 4.78 is 1.67. The molecule has 98 valence electrons. The molecule has 1 aliphatic carbocycles. The number of carboxylic acid groups (broad SMARTS) is 1. The molecule has 2 rings (SSSR count). The van der Waals surface area contributed by atoms with E-state index in [1.54, 1.807) is 11.7 Å². The number of hydrogen-bond donors (Lipinski definition) is 1. The Morgan fingerprint density at radius 2 is 2.28 bits per heavy atom. The number of aryl methyl sites for hydroxylation is 2. The van der Waals surface area contributed by atoms with Gasteiger partial charge in [0.1, 0.15) is 5.41 Å². The molecule has 1 N–H and O–H groups in total. The zero-order valence-electron chi connectivity index (χ0n) is 10.8.